The Morgan fingerprint density at radius 2 is 1.83 bits per heavy atom. The van der Waals surface area contributed by atoms with Crippen molar-refractivity contribution >= 4 is 44.8 Å². The lowest BCUT2D eigenvalue weighted by Crippen LogP contribution is -2.25. The third-order valence-corrected chi connectivity index (χ3v) is 8.30. The van der Waals surface area contributed by atoms with E-state index in [0.717, 1.165) is 27.3 Å². The molecule has 0 radical (unpaired) electrons. The minimum atomic E-state index is -3.74. The Bertz CT molecular complexity index is 1090. The molecule has 160 valence electrons. The van der Waals surface area contributed by atoms with Crippen LogP contribution >= 0.6 is 11.8 Å². The quantitative estimate of drug-likeness (QED) is 0.717. The maximum atomic E-state index is 13.1. The maximum Gasteiger partial charge on any atom is 0.225 e. The number of thioether (sulfide) groups is 1. The van der Waals surface area contributed by atoms with Crippen molar-refractivity contribution in [3.05, 3.63) is 47.0 Å². The summed E-state index contributed by atoms with van der Waals surface area (Å²) in [4.78, 5) is 25.3. The standard InChI is InChI=1S/C22H26N2O4S2/c1-13-9-14(2)22(15(3)10-13)24-21(26)11-16(4)30(27,28)17-5-6-19-18(12-17)23-20(25)7-8-29-19/h5-6,9-10,12,16H,7-8,11H2,1-4H3,(H,23,25)(H,24,26). The second-order valence-corrected chi connectivity index (χ2v) is 11.2. The van der Waals surface area contributed by atoms with E-state index >= 15 is 0 Å². The van der Waals surface area contributed by atoms with Gasteiger partial charge in [0.1, 0.15) is 0 Å². The summed E-state index contributed by atoms with van der Waals surface area (Å²) in [7, 11) is -3.74. The Morgan fingerprint density at radius 1 is 1.17 bits per heavy atom. The van der Waals surface area contributed by atoms with Crippen molar-refractivity contribution in [3.8, 4) is 0 Å². The number of hydrogen-bond donors (Lipinski definition) is 2. The number of amides is 2. The first-order chi connectivity index (χ1) is 14.1. The Hall–Kier alpha value is -2.32. The van der Waals surface area contributed by atoms with Gasteiger partial charge >= 0.3 is 0 Å². The van der Waals surface area contributed by atoms with Gasteiger partial charge in [0.15, 0.2) is 9.84 Å². The molecule has 8 heteroatoms. The van der Waals surface area contributed by atoms with E-state index in [2.05, 4.69) is 10.6 Å². The summed E-state index contributed by atoms with van der Waals surface area (Å²) in [5.41, 5.74) is 4.21. The lowest BCUT2D eigenvalue weighted by atomic mass is 10.0. The van der Waals surface area contributed by atoms with Crippen LogP contribution in [0.2, 0.25) is 0 Å². The lowest BCUT2D eigenvalue weighted by molar-refractivity contribution is -0.116. The largest absolute Gasteiger partial charge is 0.326 e. The topological polar surface area (TPSA) is 92.3 Å². The maximum absolute atomic E-state index is 13.1. The van der Waals surface area contributed by atoms with Gasteiger partial charge in [-0.2, -0.15) is 0 Å². The molecule has 0 fully saturated rings. The van der Waals surface area contributed by atoms with E-state index in [4.69, 9.17) is 0 Å². The zero-order valence-electron chi connectivity index (χ0n) is 17.5. The van der Waals surface area contributed by atoms with E-state index in [-0.39, 0.29) is 23.1 Å². The van der Waals surface area contributed by atoms with E-state index in [1.807, 2.05) is 32.9 Å². The fraction of sp³-hybridized carbons (Fsp3) is 0.364. The molecule has 3 rings (SSSR count). The van der Waals surface area contributed by atoms with Gasteiger partial charge in [0.05, 0.1) is 15.8 Å². The van der Waals surface area contributed by atoms with E-state index in [0.29, 0.717) is 17.9 Å². The zero-order chi connectivity index (χ0) is 22.1. The first-order valence-electron chi connectivity index (χ1n) is 9.76. The number of fused-ring (bicyclic) bond motifs is 1. The second kappa shape index (κ2) is 8.81. The van der Waals surface area contributed by atoms with Crippen molar-refractivity contribution in [1.82, 2.24) is 0 Å². The van der Waals surface area contributed by atoms with Crippen molar-refractivity contribution in [2.24, 2.45) is 0 Å². The first-order valence-corrected chi connectivity index (χ1v) is 12.3. The molecule has 1 unspecified atom stereocenters. The monoisotopic (exact) mass is 446 g/mol. The molecule has 0 aromatic heterocycles. The third-order valence-electron chi connectivity index (χ3n) is 5.08. The Kier molecular flexibility index (Phi) is 6.57. The fourth-order valence-corrected chi connectivity index (χ4v) is 5.86. The lowest BCUT2D eigenvalue weighted by Gasteiger charge is -2.17. The van der Waals surface area contributed by atoms with Gasteiger partial charge in [-0.15, -0.1) is 11.8 Å². The molecule has 6 nitrogen and oxygen atoms in total. The van der Waals surface area contributed by atoms with Crippen LogP contribution in [0.3, 0.4) is 0 Å². The minimum Gasteiger partial charge on any atom is -0.326 e. The van der Waals surface area contributed by atoms with Crippen molar-refractivity contribution in [2.45, 2.75) is 55.6 Å². The Balaban J connectivity index is 1.77. The number of anilines is 2. The molecule has 0 bridgehead atoms. The van der Waals surface area contributed by atoms with Gasteiger partial charge in [0.25, 0.3) is 0 Å². The molecule has 1 aliphatic heterocycles. The van der Waals surface area contributed by atoms with Crippen LogP contribution in [0, 0.1) is 20.8 Å². The zero-order valence-corrected chi connectivity index (χ0v) is 19.2. The van der Waals surface area contributed by atoms with E-state index in [1.54, 1.807) is 12.1 Å². The van der Waals surface area contributed by atoms with Gasteiger partial charge in [-0.25, -0.2) is 8.42 Å². The molecule has 30 heavy (non-hydrogen) atoms. The molecule has 2 aromatic rings. The minimum absolute atomic E-state index is 0.104. The average molecular weight is 447 g/mol. The molecule has 2 N–H and O–H groups in total. The molecule has 0 aliphatic carbocycles. The van der Waals surface area contributed by atoms with E-state index < -0.39 is 15.1 Å². The highest BCUT2D eigenvalue weighted by Gasteiger charge is 2.27. The van der Waals surface area contributed by atoms with Crippen molar-refractivity contribution in [1.29, 1.82) is 0 Å². The number of nitrogens with one attached hydrogen (secondary N) is 2. The van der Waals surface area contributed by atoms with Gasteiger partial charge in [-0.05, 0) is 57.0 Å². The van der Waals surface area contributed by atoms with E-state index in [9.17, 15) is 18.0 Å². The molecular weight excluding hydrogens is 420 g/mol. The van der Waals surface area contributed by atoms with Gasteiger partial charge in [0, 0.05) is 29.2 Å². The summed E-state index contributed by atoms with van der Waals surface area (Å²) in [5, 5.41) is 4.71. The highest BCUT2D eigenvalue weighted by Crippen LogP contribution is 2.33. The van der Waals surface area contributed by atoms with Crippen LogP contribution in [-0.4, -0.2) is 31.2 Å². The van der Waals surface area contributed by atoms with Gasteiger partial charge < -0.3 is 10.6 Å². The van der Waals surface area contributed by atoms with Crippen LogP contribution in [0.4, 0.5) is 11.4 Å². The number of rotatable bonds is 5. The van der Waals surface area contributed by atoms with Crippen LogP contribution in [0.25, 0.3) is 0 Å². The van der Waals surface area contributed by atoms with Gasteiger partial charge in [-0.1, -0.05) is 17.7 Å². The number of aryl methyl sites for hydroxylation is 3. The van der Waals surface area contributed by atoms with Gasteiger partial charge in [0.2, 0.25) is 11.8 Å². The number of benzene rings is 2. The molecule has 1 atom stereocenters. The van der Waals surface area contributed by atoms with Crippen LogP contribution in [0.5, 0.6) is 0 Å². The number of hydrogen-bond acceptors (Lipinski definition) is 5. The Morgan fingerprint density at radius 3 is 2.50 bits per heavy atom. The molecule has 1 heterocycles. The third kappa shape index (κ3) is 4.87. The SMILES string of the molecule is Cc1cc(C)c(NC(=O)CC(C)S(=O)(=O)c2ccc3c(c2)NC(=O)CCS3)c(C)c1. The molecule has 2 amide bonds. The number of carbonyl (C=O) groups excluding carboxylic acids is 2. The normalized spacial score (nSPS) is 15.0. The van der Waals surface area contributed by atoms with E-state index in [1.165, 1.54) is 24.8 Å². The van der Waals surface area contributed by atoms with Crippen LogP contribution in [-0.2, 0) is 19.4 Å². The molecule has 0 saturated carbocycles. The van der Waals surface area contributed by atoms with Crippen molar-refractivity contribution in [3.63, 3.8) is 0 Å². The predicted molar refractivity (Wildman–Crippen MR) is 121 cm³/mol. The molecule has 0 saturated heterocycles. The summed E-state index contributed by atoms with van der Waals surface area (Å²) in [6.07, 6.45) is 0.225. The average Bonchev–Trinajstić information content (AvgIpc) is 2.84. The van der Waals surface area contributed by atoms with Crippen LogP contribution in [0.15, 0.2) is 40.1 Å². The van der Waals surface area contributed by atoms with Crippen LogP contribution < -0.4 is 10.6 Å². The first kappa shape index (κ1) is 22.4. The highest BCUT2D eigenvalue weighted by molar-refractivity contribution is 7.99. The number of sulfone groups is 1. The smallest absolute Gasteiger partial charge is 0.225 e. The molecule has 1 aliphatic rings. The van der Waals surface area contributed by atoms with Crippen LogP contribution in [0.1, 0.15) is 36.5 Å². The van der Waals surface area contributed by atoms with Crippen molar-refractivity contribution in [2.75, 3.05) is 16.4 Å². The van der Waals surface area contributed by atoms with Gasteiger partial charge in [-0.3, -0.25) is 9.59 Å². The fourth-order valence-electron chi connectivity index (χ4n) is 3.55. The number of carbonyl (C=O) groups is 2. The molecule has 2 aromatic carbocycles. The Labute approximate surface area is 181 Å². The van der Waals surface area contributed by atoms with Crippen molar-refractivity contribution < 1.29 is 18.0 Å². The predicted octanol–water partition coefficient (Wildman–Crippen LogP) is 4.24. The summed E-state index contributed by atoms with van der Waals surface area (Å²) >= 11 is 1.51. The highest BCUT2D eigenvalue weighted by atomic mass is 32.2. The summed E-state index contributed by atoms with van der Waals surface area (Å²) in [6, 6.07) is 8.70. The summed E-state index contributed by atoms with van der Waals surface area (Å²) < 4.78 is 26.1. The summed E-state index contributed by atoms with van der Waals surface area (Å²) in [5.74, 6) is 0.172. The summed E-state index contributed by atoms with van der Waals surface area (Å²) in [6.45, 7) is 7.35. The molecular formula is C22H26N2O4S2. The molecule has 0 spiro atoms. The second-order valence-electron chi connectivity index (χ2n) is 7.69.